The van der Waals surface area contributed by atoms with E-state index in [1.165, 1.54) is 0 Å². The molecule has 0 unspecified atom stereocenters. The van der Waals surface area contributed by atoms with E-state index in [9.17, 15) is 9.90 Å². The molecule has 2 aromatic rings. The molecule has 1 N–H and O–H groups in total. The fourth-order valence-corrected chi connectivity index (χ4v) is 2.02. The number of ether oxygens (including phenoxy) is 1. The molecular weight excluding hydrogens is 304 g/mol. The zero-order valence-corrected chi connectivity index (χ0v) is 13.8. The highest BCUT2D eigenvalue weighted by Crippen LogP contribution is 2.27. The fraction of sp³-hybridized carbons (Fsp3) is 0.211. The smallest absolute Gasteiger partial charge is 0.311 e. The number of aromatic hydroxyl groups is 1. The maximum absolute atomic E-state index is 11.6. The molecule has 2 rings (SSSR count). The van der Waals surface area contributed by atoms with Gasteiger partial charge in [-0.3, -0.25) is 4.79 Å². The maximum Gasteiger partial charge on any atom is 0.311 e. The van der Waals surface area contributed by atoms with Gasteiger partial charge in [0, 0.05) is 6.42 Å². The van der Waals surface area contributed by atoms with Gasteiger partial charge in [0.2, 0.25) is 0 Å². The van der Waals surface area contributed by atoms with Crippen molar-refractivity contribution in [2.45, 2.75) is 26.7 Å². The van der Waals surface area contributed by atoms with Crippen molar-refractivity contribution in [2.24, 2.45) is 10.2 Å². The Bertz CT molecular complexity index is 782. The second-order valence-corrected chi connectivity index (χ2v) is 5.42. The van der Waals surface area contributed by atoms with Gasteiger partial charge in [0.1, 0.15) is 11.5 Å². The van der Waals surface area contributed by atoms with Crippen LogP contribution in [0.3, 0.4) is 0 Å². The van der Waals surface area contributed by atoms with Gasteiger partial charge < -0.3 is 9.84 Å². The van der Waals surface area contributed by atoms with E-state index < -0.39 is 0 Å². The van der Waals surface area contributed by atoms with Crippen molar-refractivity contribution in [3.05, 3.63) is 60.2 Å². The first kappa shape index (κ1) is 17.4. The van der Waals surface area contributed by atoms with E-state index in [2.05, 4.69) is 16.8 Å². The molecule has 0 aliphatic rings. The number of hydrogen-bond acceptors (Lipinski definition) is 5. The van der Waals surface area contributed by atoms with Gasteiger partial charge in [0.05, 0.1) is 11.4 Å². The van der Waals surface area contributed by atoms with Crippen LogP contribution in [0.15, 0.2) is 59.3 Å². The highest BCUT2D eigenvalue weighted by molar-refractivity contribution is 5.73. The number of phenols is 1. The number of phenolic OH excluding ortho intramolecular Hbond substituents is 1. The number of azo groups is 1. The highest BCUT2D eigenvalue weighted by Gasteiger charge is 2.07. The molecule has 0 saturated heterocycles. The minimum atomic E-state index is -0.285. The summed E-state index contributed by atoms with van der Waals surface area (Å²) in [6, 6.07) is 10.3. The van der Waals surface area contributed by atoms with Gasteiger partial charge >= 0.3 is 5.97 Å². The van der Waals surface area contributed by atoms with E-state index in [1.54, 1.807) is 49.4 Å². The summed E-state index contributed by atoms with van der Waals surface area (Å²) in [6.45, 7) is 7.23. The third kappa shape index (κ3) is 4.78. The van der Waals surface area contributed by atoms with Crippen LogP contribution in [0.4, 0.5) is 11.4 Å². The van der Waals surface area contributed by atoms with E-state index >= 15 is 0 Å². The number of allylic oxidation sites excluding steroid dienone is 1. The minimum absolute atomic E-state index is 0.229. The molecule has 0 fully saturated rings. The topological polar surface area (TPSA) is 71.2 Å². The van der Waals surface area contributed by atoms with E-state index in [1.807, 2.05) is 6.92 Å². The van der Waals surface area contributed by atoms with Crippen LogP contribution in [0.25, 0.3) is 0 Å². The lowest BCUT2D eigenvalue weighted by atomic mass is 10.2. The Kier molecular flexibility index (Phi) is 5.84. The van der Waals surface area contributed by atoms with E-state index in [0.717, 1.165) is 11.1 Å². The van der Waals surface area contributed by atoms with Crippen LogP contribution in [0, 0.1) is 13.8 Å². The average molecular weight is 324 g/mol. The Balaban J connectivity index is 2.08. The molecule has 124 valence electrons. The lowest BCUT2D eigenvalue weighted by Crippen LogP contribution is -2.07. The summed E-state index contributed by atoms with van der Waals surface area (Å²) in [7, 11) is 0. The zero-order chi connectivity index (χ0) is 17.5. The van der Waals surface area contributed by atoms with Crippen LogP contribution in [0.5, 0.6) is 11.5 Å². The van der Waals surface area contributed by atoms with Crippen molar-refractivity contribution in [1.29, 1.82) is 0 Å². The van der Waals surface area contributed by atoms with Crippen molar-refractivity contribution in [3.8, 4) is 11.5 Å². The average Bonchev–Trinajstić information content (AvgIpc) is 2.56. The summed E-state index contributed by atoms with van der Waals surface area (Å²) in [6.07, 6.45) is 2.59. The molecule has 0 atom stereocenters. The van der Waals surface area contributed by atoms with Crippen LogP contribution < -0.4 is 4.74 Å². The quantitative estimate of drug-likeness (QED) is 0.339. The van der Waals surface area contributed by atoms with Gasteiger partial charge in [-0.1, -0.05) is 6.08 Å². The molecule has 0 amide bonds. The number of esters is 1. The lowest BCUT2D eigenvalue weighted by Gasteiger charge is -2.07. The third-order valence-corrected chi connectivity index (χ3v) is 3.40. The number of aryl methyl sites for hydroxylation is 2. The summed E-state index contributed by atoms with van der Waals surface area (Å²) < 4.78 is 5.31. The molecule has 5 nitrogen and oxygen atoms in total. The first-order valence-electron chi connectivity index (χ1n) is 7.63. The van der Waals surface area contributed by atoms with Crippen LogP contribution in [0.1, 0.15) is 24.0 Å². The summed E-state index contributed by atoms with van der Waals surface area (Å²) in [5.41, 5.74) is 2.86. The van der Waals surface area contributed by atoms with E-state index in [4.69, 9.17) is 4.74 Å². The van der Waals surface area contributed by atoms with Gasteiger partial charge in [-0.15, -0.1) is 6.58 Å². The summed E-state index contributed by atoms with van der Waals surface area (Å²) in [4.78, 5) is 11.6. The highest BCUT2D eigenvalue weighted by atomic mass is 16.5. The number of nitrogens with zero attached hydrogens (tertiary/aromatic N) is 2. The van der Waals surface area contributed by atoms with E-state index in [-0.39, 0.29) is 11.7 Å². The molecule has 0 aliphatic heterocycles. The van der Waals surface area contributed by atoms with Crippen LogP contribution in [-0.2, 0) is 4.79 Å². The molecule has 24 heavy (non-hydrogen) atoms. The number of carbonyl (C=O) groups excluding carboxylic acids is 1. The van der Waals surface area contributed by atoms with Gasteiger partial charge in [-0.2, -0.15) is 10.2 Å². The number of rotatable bonds is 6. The zero-order valence-electron chi connectivity index (χ0n) is 13.8. The minimum Gasteiger partial charge on any atom is -0.508 e. The van der Waals surface area contributed by atoms with Gasteiger partial charge in [0.25, 0.3) is 0 Å². The molecule has 0 heterocycles. The molecule has 0 aliphatic carbocycles. The second-order valence-electron chi connectivity index (χ2n) is 5.42. The lowest BCUT2D eigenvalue weighted by molar-refractivity contribution is -0.134. The normalized spacial score (nSPS) is 10.8. The Labute approximate surface area is 141 Å². The van der Waals surface area contributed by atoms with E-state index in [0.29, 0.717) is 30.0 Å². The van der Waals surface area contributed by atoms with Crippen molar-refractivity contribution < 1.29 is 14.6 Å². The molecule has 0 saturated carbocycles. The largest absolute Gasteiger partial charge is 0.508 e. The van der Waals surface area contributed by atoms with Gasteiger partial charge in [-0.05, 0) is 67.8 Å². The number of hydrogen-bond donors (Lipinski definition) is 1. The fourth-order valence-electron chi connectivity index (χ4n) is 2.02. The van der Waals surface area contributed by atoms with Crippen LogP contribution in [0.2, 0.25) is 0 Å². The molecule has 0 spiro atoms. The van der Waals surface area contributed by atoms with Gasteiger partial charge in [-0.25, -0.2) is 0 Å². The van der Waals surface area contributed by atoms with Crippen molar-refractivity contribution in [3.63, 3.8) is 0 Å². The molecule has 2 aromatic carbocycles. The maximum atomic E-state index is 11.6. The first-order chi connectivity index (χ1) is 11.5. The Hall–Kier alpha value is -2.95. The first-order valence-corrected chi connectivity index (χ1v) is 7.63. The SMILES string of the molecule is C=CCCC(=O)Oc1ccc(N=Nc2ccc(O)c(C)c2)cc1C. The van der Waals surface area contributed by atoms with Crippen molar-refractivity contribution in [1.82, 2.24) is 0 Å². The van der Waals surface area contributed by atoms with Crippen LogP contribution in [-0.4, -0.2) is 11.1 Å². The number of benzene rings is 2. The van der Waals surface area contributed by atoms with Crippen molar-refractivity contribution >= 4 is 17.3 Å². The van der Waals surface area contributed by atoms with Gasteiger partial charge in [0.15, 0.2) is 0 Å². The van der Waals surface area contributed by atoms with Crippen LogP contribution >= 0.6 is 0 Å². The third-order valence-electron chi connectivity index (χ3n) is 3.40. The number of carbonyl (C=O) groups is 1. The monoisotopic (exact) mass is 324 g/mol. The molecule has 5 heteroatoms. The summed E-state index contributed by atoms with van der Waals surface area (Å²) >= 11 is 0. The second kappa shape index (κ2) is 8.06. The molecule has 0 aromatic heterocycles. The Morgan fingerprint density at radius 2 is 1.75 bits per heavy atom. The molecule has 0 radical (unpaired) electrons. The van der Waals surface area contributed by atoms with Crippen molar-refractivity contribution in [2.75, 3.05) is 0 Å². The molecule has 0 bridgehead atoms. The standard InChI is InChI=1S/C19H20N2O3/c1-4-5-6-19(23)24-18-10-8-16(12-14(18)3)21-20-15-7-9-17(22)13(2)11-15/h4,7-12,22H,1,5-6H2,2-3H3. The Morgan fingerprint density at radius 3 is 2.33 bits per heavy atom. The molecular formula is C19H20N2O3. The summed E-state index contributed by atoms with van der Waals surface area (Å²) in [5.74, 6) is 0.461. The Morgan fingerprint density at radius 1 is 1.12 bits per heavy atom. The predicted octanol–water partition coefficient (Wildman–Crippen LogP) is 5.30. The summed E-state index contributed by atoms with van der Waals surface area (Å²) in [5, 5.41) is 17.8. The predicted molar refractivity (Wildman–Crippen MR) is 93.3 cm³/mol.